The fraction of sp³-hybridized carbons (Fsp3) is 0.778. The first-order valence-corrected chi connectivity index (χ1v) is 4.64. The lowest BCUT2D eigenvalue weighted by molar-refractivity contribution is -0.162. The lowest BCUT2D eigenvalue weighted by Gasteiger charge is -2.35. The van der Waals surface area contributed by atoms with Gasteiger partial charge in [-0.25, -0.2) is 0 Å². The summed E-state index contributed by atoms with van der Waals surface area (Å²) >= 11 is 0. The van der Waals surface area contributed by atoms with Gasteiger partial charge in [-0.3, -0.25) is 9.59 Å². The summed E-state index contributed by atoms with van der Waals surface area (Å²) in [5.41, 5.74) is -1.53. The molecule has 0 fully saturated rings. The Balaban J connectivity index is 5.17. The number of aliphatic hydroxyl groups excluding tert-OH is 3. The van der Waals surface area contributed by atoms with Crippen LogP contribution in [0.25, 0.3) is 0 Å². The van der Waals surface area contributed by atoms with Gasteiger partial charge in [0.05, 0.1) is 19.8 Å². The molecule has 0 amide bonds. The predicted molar refractivity (Wildman–Crippen MR) is 51.6 cm³/mol. The number of aliphatic carboxylic acids is 2. The fourth-order valence-corrected chi connectivity index (χ4v) is 1.47. The van der Waals surface area contributed by atoms with E-state index in [0.29, 0.717) is 0 Å². The van der Waals surface area contributed by atoms with Gasteiger partial charge in [0, 0.05) is 5.41 Å². The first kappa shape index (κ1) is 14.8. The SMILES string of the molecule is CC(C(C(=O)O)C(=O)O)C(CO)(CO)CO. The summed E-state index contributed by atoms with van der Waals surface area (Å²) < 4.78 is 0. The molecule has 0 spiro atoms. The Bertz CT molecular complexity index is 236. The Labute approximate surface area is 92.0 Å². The molecule has 5 N–H and O–H groups in total. The smallest absolute Gasteiger partial charge is 0.318 e. The minimum atomic E-state index is -1.79. The molecule has 94 valence electrons. The molecule has 1 atom stereocenters. The standard InChI is InChI=1S/C9H16O7/c1-5(6(7(13)14)8(15)16)9(2-10,3-11)4-12/h5-6,10-12H,2-4H2,1H3,(H,13,14)(H,15,16). The third-order valence-electron chi connectivity index (χ3n) is 2.94. The molecule has 7 nitrogen and oxygen atoms in total. The summed E-state index contributed by atoms with van der Waals surface area (Å²) in [5, 5.41) is 44.6. The zero-order valence-electron chi connectivity index (χ0n) is 8.83. The summed E-state index contributed by atoms with van der Waals surface area (Å²) in [6.45, 7) is -0.829. The normalized spacial score (nSPS) is 13.8. The van der Waals surface area contributed by atoms with Crippen LogP contribution in [0.1, 0.15) is 6.92 Å². The summed E-state index contributed by atoms with van der Waals surface area (Å²) in [6.07, 6.45) is 0. The zero-order chi connectivity index (χ0) is 12.9. The highest BCUT2D eigenvalue weighted by atomic mass is 16.4. The minimum absolute atomic E-state index is 0.696. The Morgan fingerprint density at radius 3 is 1.50 bits per heavy atom. The molecule has 16 heavy (non-hydrogen) atoms. The maximum Gasteiger partial charge on any atom is 0.318 e. The molecule has 0 aliphatic carbocycles. The van der Waals surface area contributed by atoms with Crippen LogP contribution in [0.5, 0.6) is 0 Å². The van der Waals surface area contributed by atoms with Crippen LogP contribution in [-0.4, -0.2) is 57.3 Å². The van der Waals surface area contributed by atoms with Crippen LogP contribution in [0.2, 0.25) is 0 Å². The Hall–Kier alpha value is -1.18. The van der Waals surface area contributed by atoms with Crippen LogP contribution in [0.4, 0.5) is 0 Å². The number of carboxylic acids is 2. The average Bonchev–Trinajstić information content (AvgIpc) is 2.20. The van der Waals surface area contributed by atoms with Crippen LogP contribution in [-0.2, 0) is 9.59 Å². The van der Waals surface area contributed by atoms with E-state index in [0.717, 1.165) is 0 Å². The van der Waals surface area contributed by atoms with Crippen molar-refractivity contribution < 1.29 is 35.1 Å². The van der Waals surface area contributed by atoms with Crippen molar-refractivity contribution in [2.45, 2.75) is 6.92 Å². The first-order valence-electron chi connectivity index (χ1n) is 4.64. The van der Waals surface area contributed by atoms with E-state index in [4.69, 9.17) is 25.5 Å². The second-order valence-electron chi connectivity index (χ2n) is 3.78. The van der Waals surface area contributed by atoms with Gasteiger partial charge >= 0.3 is 11.9 Å². The van der Waals surface area contributed by atoms with Gasteiger partial charge in [-0.15, -0.1) is 0 Å². The van der Waals surface area contributed by atoms with E-state index in [9.17, 15) is 9.59 Å². The average molecular weight is 236 g/mol. The molecule has 0 aromatic rings. The van der Waals surface area contributed by atoms with Gasteiger partial charge < -0.3 is 25.5 Å². The van der Waals surface area contributed by atoms with Crippen molar-refractivity contribution >= 4 is 11.9 Å². The molecule has 0 bridgehead atoms. The van der Waals surface area contributed by atoms with Crippen molar-refractivity contribution in [3.63, 3.8) is 0 Å². The lowest BCUT2D eigenvalue weighted by Crippen LogP contribution is -2.47. The van der Waals surface area contributed by atoms with Gasteiger partial charge in [0.25, 0.3) is 0 Å². The predicted octanol–water partition coefficient (Wildman–Crippen LogP) is -1.63. The summed E-state index contributed by atoms with van der Waals surface area (Å²) in [6, 6.07) is 0. The number of carboxylic acid groups (broad SMARTS) is 2. The quantitative estimate of drug-likeness (QED) is 0.335. The molecular formula is C9H16O7. The fourth-order valence-electron chi connectivity index (χ4n) is 1.47. The van der Waals surface area contributed by atoms with E-state index in [1.54, 1.807) is 0 Å². The molecule has 0 rings (SSSR count). The van der Waals surface area contributed by atoms with E-state index < -0.39 is 49.0 Å². The molecule has 7 heteroatoms. The highest BCUT2D eigenvalue weighted by Gasteiger charge is 2.45. The topological polar surface area (TPSA) is 135 Å². The second kappa shape index (κ2) is 5.78. The molecule has 0 heterocycles. The van der Waals surface area contributed by atoms with E-state index in [-0.39, 0.29) is 0 Å². The van der Waals surface area contributed by atoms with Crippen LogP contribution in [0, 0.1) is 17.3 Å². The molecule has 0 aromatic carbocycles. The van der Waals surface area contributed by atoms with E-state index >= 15 is 0 Å². The van der Waals surface area contributed by atoms with E-state index in [1.807, 2.05) is 0 Å². The molecule has 1 unspecified atom stereocenters. The largest absolute Gasteiger partial charge is 0.481 e. The molecule has 0 radical (unpaired) electrons. The lowest BCUT2D eigenvalue weighted by atomic mass is 9.71. The molecule has 0 aromatic heterocycles. The van der Waals surface area contributed by atoms with Gasteiger partial charge in [0.1, 0.15) is 0 Å². The molecule has 0 aliphatic heterocycles. The zero-order valence-corrected chi connectivity index (χ0v) is 8.83. The van der Waals surface area contributed by atoms with Crippen molar-refractivity contribution in [3.8, 4) is 0 Å². The maximum absolute atomic E-state index is 10.8. The second-order valence-corrected chi connectivity index (χ2v) is 3.78. The summed E-state index contributed by atoms with van der Waals surface area (Å²) in [7, 11) is 0. The van der Waals surface area contributed by atoms with Gasteiger partial charge in [0.15, 0.2) is 5.92 Å². The van der Waals surface area contributed by atoms with Gasteiger partial charge in [-0.2, -0.15) is 0 Å². The third-order valence-corrected chi connectivity index (χ3v) is 2.94. The van der Waals surface area contributed by atoms with Crippen LogP contribution in [0.3, 0.4) is 0 Å². The third kappa shape index (κ3) is 2.69. The van der Waals surface area contributed by atoms with Gasteiger partial charge in [0.2, 0.25) is 0 Å². The number of carbonyl (C=O) groups is 2. The molecular weight excluding hydrogens is 220 g/mol. The van der Waals surface area contributed by atoms with Crippen LogP contribution >= 0.6 is 0 Å². The summed E-state index contributed by atoms with van der Waals surface area (Å²) in [5.74, 6) is -6.03. The van der Waals surface area contributed by atoms with Crippen molar-refractivity contribution in [3.05, 3.63) is 0 Å². The van der Waals surface area contributed by atoms with E-state index in [1.165, 1.54) is 6.92 Å². The monoisotopic (exact) mass is 236 g/mol. The van der Waals surface area contributed by atoms with Crippen LogP contribution in [0.15, 0.2) is 0 Å². The molecule has 0 saturated carbocycles. The van der Waals surface area contributed by atoms with E-state index in [2.05, 4.69) is 0 Å². The Morgan fingerprint density at radius 2 is 1.31 bits per heavy atom. The number of hydrogen-bond donors (Lipinski definition) is 5. The molecule has 0 aliphatic rings. The highest BCUT2D eigenvalue weighted by molar-refractivity contribution is 5.93. The maximum atomic E-state index is 10.8. The summed E-state index contributed by atoms with van der Waals surface area (Å²) in [4.78, 5) is 21.5. The van der Waals surface area contributed by atoms with Crippen molar-refractivity contribution in [2.24, 2.45) is 17.3 Å². The van der Waals surface area contributed by atoms with Crippen molar-refractivity contribution in [1.29, 1.82) is 0 Å². The van der Waals surface area contributed by atoms with Gasteiger partial charge in [-0.05, 0) is 5.92 Å². The first-order chi connectivity index (χ1) is 7.36. The molecule has 0 saturated heterocycles. The Kier molecular flexibility index (Phi) is 5.36. The van der Waals surface area contributed by atoms with Crippen molar-refractivity contribution in [2.75, 3.05) is 19.8 Å². The Morgan fingerprint density at radius 1 is 1.00 bits per heavy atom. The highest BCUT2D eigenvalue weighted by Crippen LogP contribution is 2.32. The number of hydrogen-bond acceptors (Lipinski definition) is 5. The van der Waals surface area contributed by atoms with Crippen LogP contribution < -0.4 is 0 Å². The minimum Gasteiger partial charge on any atom is -0.481 e. The van der Waals surface area contributed by atoms with Gasteiger partial charge in [-0.1, -0.05) is 6.92 Å². The number of rotatable bonds is 7. The van der Waals surface area contributed by atoms with Crippen molar-refractivity contribution in [1.82, 2.24) is 0 Å². The number of aliphatic hydroxyl groups is 3.